The highest BCUT2D eigenvalue weighted by atomic mass is 32.2. The van der Waals surface area contributed by atoms with Crippen LogP contribution in [0.25, 0.3) is 0 Å². The molecule has 130 valence electrons. The van der Waals surface area contributed by atoms with Gasteiger partial charge in [-0.05, 0) is 39.8 Å². The highest BCUT2D eigenvalue weighted by Gasteiger charge is 2.23. The SMILES string of the molecule is CCOc1ccccc1N(CCC(=O)NC(C)(C)C)S(C)(=O)=O. The van der Waals surface area contributed by atoms with E-state index < -0.39 is 10.0 Å². The zero-order valence-corrected chi connectivity index (χ0v) is 15.2. The van der Waals surface area contributed by atoms with Crippen LogP contribution < -0.4 is 14.4 Å². The summed E-state index contributed by atoms with van der Waals surface area (Å²) in [6.45, 7) is 7.96. The lowest BCUT2D eigenvalue weighted by Crippen LogP contribution is -2.42. The highest BCUT2D eigenvalue weighted by Crippen LogP contribution is 2.29. The van der Waals surface area contributed by atoms with Gasteiger partial charge < -0.3 is 10.1 Å². The second kappa shape index (κ2) is 7.68. The highest BCUT2D eigenvalue weighted by molar-refractivity contribution is 7.92. The van der Waals surface area contributed by atoms with Crippen molar-refractivity contribution in [2.45, 2.75) is 39.7 Å². The summed E-state index contributed by atoms with van der Waals surface area (Å²) in [5.74, 6) is 0.289. The Bertz CT molecular complexity index is 636. The molecule has 0 bridgehead atoms. The smallest absolute Gasteiger partial charge is 0.232 e. The molecule has 23 heavy (non-hydrogen) atoms. The van der Waals surface area contributed by atoms with E-state index in [-0.39, 0.29) is 24.4 Å². The molecule has 0 unspecified atom stereocenters. The van der Waals surface area contributed by atoms with Crippen LogP contribution >= 0.6 is 0 Å². The number of ether oxygens (including phenoxy) is 1. The zero-order valence-electron chi connectivity index (χ0n) is 14.4. The monoisotopic (exact) mass is 342 g/mol. The predicted octanol–water partition coefficient (Wildman–Crippen LogP) is 2.16. The Morgan fingerprint density at radius 2 is 1.87 bits per heavy atom. The first kappa shape index (κ1) is 19.3. The van der Waals surface area contributed by atoms with E-state index in [0.717, 1.165) is 6.26 Å². The molecule has 0 heterocycles. The molecule has 1 amide bonds. The minimum atomic E-state index is -3.52. The van der Waals surface area contributed by atoms with Gasteiger partial charge in [-0.15, -0.1) is 0 Å². The lowest BCUT2D eigenvalue weighted by Gasteiger charge is -2.25. The van der Waals surface area contributed by atoms with Crippen molar-refractivity contribution in [1.82, 2.24) is 5.32 Å². The Balaban J connectivity index is 2.98. The van der Waals surface area contributed by atoms with E-state index >= 15 is 0 Å². The molecular weight excluding hydrogens is 316 g/mol. The quantitative estimate of drug-likeness (QED) is 0.824. The van der Waals surface area contributed by atoms with Crippen LogP contribution in [0.15, 0.2) is 24.3 Å². The molecule has 0 aliphatic heterocycles. The topological polar surface area (TPSA) is 75.7 Å². The van der Waals surface area contributed by atoms with Crippen LogP contribution in [0.4, 0.5) is 5.69 Å². The maximum atomic E-state index is 12.1. The number of carbonyl (C=O) groups excluding carboxylic acids is 1. The van der Waals surface area contributed by atoms with Gasteiger partial charge in [0.15, 0.2) is 0 Å². The third-order valence-electron chi connectivity index (χ3n) is 2.89. The van der Waals surface area contributed by atoms with Gasteiger partial charge >= 0.3 is 0 Å². The molecule has 0 saturated heterocycles. The van der Waals surface area contributed by atoms with Crippen LogP contribution in [0, 0.1) is 0 Å². The van der Waals surface area contributed by atoms with Crippen LogP contribution in [0.2, 0.25) is 0 Å². The van der Waals surface area contributed by atoms with E-state index in [1.54, 1.807) is 24.3 Å². The summed E-state index contributed by atoms with van der Waals surface area (Å²) in [6.07, 6.45) is 1.20. The number of rotatable bonds is 7. The first-order valence-corrected chi connectivity index (χ1v) is 9.40. The number of amides is 1. The summed E-state index contributed by atoms with van der Waals surface area (Å²) in [4.78, 5) is 12.0. The number of nitrogens with zero attached hydrogens (tertiary/aromatic N) is 1. The Hall–Kier alpha value is -1.76. The third kappa shape index (κ3) is 6.48. The second-order valence-corrected chi connectivity index (χ2v) is 8.19. The van der Waals surface area contributed by atoms with Crippen molar-refractivity contribution in [3.63, 3.8) is 0 Å². The van der Waals surface area contributed by atoms with Crippen molar-refractivity contribution in [2.24, 2.45) is 0 Å². The van der Waals surface area contributed by atoms with Gasteiger partial charge in [-0.3, -0.25) is 9.10 Å². The number of para-hydroxylation sites is 2. The van der Waals surface area contributed by atoms with Gasteiger partial charge in [-0.25, -0.2) is 8.42 Å². The van der Waals surface area contributed by atoms with Gasteiger partial charge in [0.1, 0.15) is 5.75 Å². The lowest BCUT2D eigenvalue weighted by atomic mass is 10.1. The average Bonchev–Trinajstić information content (AvgIpc) is 2.37. The summed E-state index contributed by atoms with van der Waals surface area (Å²) in [5.41, 5.74) is 0.0939. The van der Waals surface area contributed by atoms with Crippen molar-refractivity contribution < 1.29 is 17.9 Å². The van der Waals surface area contributed by atoms with Crippen molar-refractivity contribution in [3.05, 3.63) is 24.3 Å². The number of nitrogens with one attached hydrogen (secondary N) is 1. The van der Waals surface area contributed by atoms with Crippen LogP contribution in [0.1, 0.15) is 34.1 Å². The van der Waals surface area contributed by atoms with Gasteiger partial charge in [0, 0.05) is 18.5 Å². The van der Waals surface area contributed by atoms with Crippen molar-refractivity contribution >= 4 is 21.6 Å². The van der Waals surface area contributed by atoms with E-state index in [9.17, 15) is 13.2 Å². The molecule has 0 aliphatic rings. The summed E-state index contributed by atoms with van der Waals surface area (Å²) in [6, 6.07) is 6.91. The summed E-state index contributed by atoms with van der Waals surface area (Å²) >= 11 is 0. The van der Waals surface area contributed by atoms with Gasteiger partial charge in [0.25, 0.3) is 0 Å². The fourth-order valence-corrected chi connectivity index (χ4v) is 3.02. The minimum Gasteiger partial charge on any atom is -0.492 e. The van der Waals surface area contributed by atoms with E-state index in [1.807, 2.05) is 27.7 Å². The first-order valence-electron chi connectivity index (χ1n) is 7.55. The minimum absolute atomic E-state index is 0.0604. The van der Waals surface area contributed by atoms with Crippen molar-refractivity contribution in [3.8, 4) is 5.75 Å². The Labute approximate surface area is 138 Å². The molecule has 6 nitrogen and oxygen atoms in total. The van der Waals surface area contributed by atoms with E-state index in [2.05, 4.69) is 5.32 Å². The van der Waals surface area contributed by atoms with Gasteiger partial charge in [0.2, 0.25) is 15.9 Å². The van der Waals surface area contributed by atoms with E-state index in [4.69, 9.17) is 4.74 Å². The zero-order chi connectivity index (χ0) is 17.7. The number of hydrogen-bond acceptors (Lipinski definition) is 4. The maximum Gasteiger partial charge on any atom is 0.232 e. The molecule has 1 N–H and O–H groups in total. The molecule has 0 fully saturated rings. The van der Waals surface area contributed by atoms with Crippen LogP contribution in [-0.2, 0) is 14.8 Å². The Morgan fingerprint density at radius 3 is 2.39 bits per heavy atom. The average molecular weight is 342 g/mol. The van der Waals surface area contributed by atoms with Crippen LogP contribution in [-0.4, -0.2) is 39.3 Å². The normalized spacial score (nSPS) is 11.9. The third-order valence-corrected chi connectivity index (χ3v) is 4.07. The fraction of sp³-hybridized carbons (Fsp3) is 0.562. The fourth-order valence-electron chi connectivity index (χ4n) is 2.09. The number of carbonyl (C=O) groups is 1. The lowest BCUT2D eigenvalue weighted by molar-refractivity contribution is -0.122. The Morgan fingerprint density at radius 1 is 1.26 bits per heavy atom. The largest absolute Gasteiger partial charge is 0.492 e. The van der Waals surface area contributed by atoms with E-state index in [0.29, 0.717) is 18.0 Å². The van der Waals surface area contributed by atoms with Crippen LogP contribution in [0.5, 0.6) is 5.75 Å². The number of anilines is 1. The molecule has 0 aliphatic carbocycles. The molecule has 0 saturated carbocycles. The molecular formula is C16H26N2O4S. The predicted molar refractivity (Wildman–Crippen MR) is 92.3 cm³/mol. The molecule has 0 spiro atoms. The van der Waals surface area contributed by atoms with Crippen molar-refractivity contribution in [1.29, 1.82) is 0 Å². The number of sulfonamides is 1. The second-order valence-electron chi connectivity index (χ2n) is 6.28. The first-order chi connectivity index (χ1) is 10.5. The summed E-state index contributed by atoms with van der Waals surface area (Å²) in [5, 5.41) is 2.83. The molecule has 0 radical (unpaired) electrons. The summed E-state index contributed by atoms with van der Waals surface area (Å²) < 4.78 is 31.0. The number of hydrogen-bond donors (Lipinski definition) is 1. The van der Waals surface area contributed by atoms with Gasteiger partial charge in [-0.2, -0.15) is 0 Å². The molecule has 1 aromatic rings. The van der Waals surface area contributed by atoms with Gasteiger partial charge in [-0.1, -0.05) is 12.1 Å². The molecule has 0 atom stereocenters. The maximum absolute atomic E-state index is 12.1. The van der Waals surface area contributed by atoms with E-state index in [1.165, 1.54) is 4.31 Å². The number of benzene rings is 1. The van der Waals surface area contributed by atoms with Crippen LogP contribution in [0.3, 0.4) is 0 Å². The summed E-state index contributed by atoms with van der Waals surface area (Å²) in [7, 11) is -3.52. The van der Waals surface area contributed by atoms with Gasteiger partial charge in [0.05, 0.1) is 18.6 Å². The molecule has 7 heteroatoms. The standard InChI is InChI=1S/C16H26N2O4S/c1-6-22-14-10-8-7-9-13(14)18(23(5,20)21)12-11-15(19)17-16(2,3)4/h7-10H,6,11-12H2,1-5H3,(H,17,19). The molecule has 0 aromatic heterocycles. The molecule has 1 rings (SSSR count). The Kier molecular flexibility index (Phi) is 6.44. The van der Waals surface area contributed by atoms with Crippen molar-refractivity contribution in [2.75, 3.05) is 23.7 Å². The molecule has 1 aromatic carbocycles.